The lowest BCUT2D eigenvalue weighted by molar-refractivity contribution is -0.119. The van der Waals surface area contributed by atoms with Crippen molar-refractivity contribution in [3.8, 4) is 0 Å². The molecule has 0 unspecified atom stereocenters. The Hall–Kier alpha value is -1.62. The van der Waals surface area contributed by atoms with E-state index < -0.39 is 0 Å². The molecular formula is C14H22FN3O. The largest absolute Gasteiger partial charge is 0.363 e. The Morgan fingerprint density at radius 2 is 2.05 bits per heavy atom. The number of rotatable bonds is 7. The smallest absolute Gasteiger partial charge is 0.239 e. The Bertz CT molecular complexity index is 423. The first-order valence-corrected chi connectivity index (χ1v) is 6.56. The number of hydrogen-bond acceptors (Lipinski definition) is 3. The van der Waals surface area contributed by atoms with Gasteiger partial charge in [-0.25, -0.2) is 4.39 Å². The first kappa shape index (κ1) is 15.4. The van der Waals surface area contributed by atoms with Crippen LogP contribution < -0.4 is 15.5 Å². The summed E-state index contributed by atoms with van der Waals surface area (Å²) in [6.45, 7) is 5.98. The summed E-state index contributed by atoms with van der Waals surface area (Å²) in [5.74, 6) is -0.412. The van der Waals surface area contributed by atoms with Gasteiger partial charge in [0, 0.05) is 20.1 Å². The number of nitrogens with zero attached hydrogens (tertiary/aromatic N) is 1. The van der Waals surface area contributed by atoms with Gasteiger partial charge in [-0.2, -0.15) is 0 Å². The number of amides is 1. The fourth-order valence-electron chi connectivity index (χ4n) is 1.94. The molecule has 0 spiro atoms. The highest BCUT2D eigenvalue weighted by Gasteiger charge is 2.14. The molecule has 106 valence electrons. The minimum Gasteiger partial charge on any atom is -0.363 e. The maximum Gasteiger partial charge on any atom is 0.239 e. The summed E-state index contributed by atoms with van der Waals surface area (Å²) >= 11 is 0. The van der Waals surface area contributed by atoms with Gasteiger partial charge in [0.2, 0.25) is 5.91 Å². The first-order chi connectivity index (χ1) is 9.10. The van der Waals surface area contributed by atoms with Crippen molar-refractivity contribution in [2.24, 2.45) is 0 Å². The van der Waals surface area contributed by atoms with Crippen molar-refractivity contribution in [1.29, 1.82) is 0 Å². The van der Waals surface area contributed by atoms with Gasteiger partial charge in [-0.3, -0.25) is 4.79 Å². The standard InChI is InChI=1S/C14H22FN3O/c1-4-16-9-11-7-6-8-12(15)14(11)18(3)10-13(19)17-5-2/h6-8,16H,4-5,9-10H2,1-3H3,(H,17,19). The molecule has 2 N–H and O–H groups in total. The van der Waals surface area contributed by atoms with Crippen LogP contribution in [-0.4, -0.2) is 32.6 Å². The molecule has 0 atom stereocenters. The molecule has 0 bridgehead atoms. The lowest BCUT2D eigenvalue weighted by atomic mass is 10.1. The number of likely N-dealkylation sites (N-methyl/N-ethyl adjacent to an activating group) is 2. The van der Waals surface area contributed by atoms with E-state index in [4.69, 9.17) is 0 Å². The summed E-state index contributed by atoms with van der Waals surface area (Å²) in [7, 11) is 1.73. The van der Waals surface area contributed by atoms with Gasteiger partial charge in [0.1, 0.15) is 5.82 Å². The van der Waals surface area contributed by atoms with E-state index in [2.05, 4.69) is 10.6 Å². The van der Waals surface area contributed by atoms with Crippen LogP contribution in [0.1, 0.15) is 19.4 Å². The topological polar surface area (TPSA) is 44.4 Å². The second kappa shape index (κ2) is 7.74. The van der Waals surface area contributed by atoms with Crippen molar-refractivity contribution in [2.45, 2.75) is 20.4 Å². The average Bonchev–Trinajstić information content (AvgIpc) is 2.36. The third-order valence-corrected chi connectivity index (χ3v) is 2.77. The van der Waals surface area contributed by atoms with Gasteiger partial charge in [0.05, 0.1) is 12.2 Å². The fourth-order valence-corrected chi connectivity index (χ4v) is 1.94. The molecule has 1 rings (SSSR count). The molecule has 0 saturated heterocycles. The van der Waals surface area contributed by atoms with Crippen LogP contribution in [0.4, 0.5) is 10.1 Å². The van der Waals surface area contributed by atoms with Crippen LogP contribution >= 0.6 is 0 Å². The molecule has 1 aromatic rings. The van der Waals surface area contributed by atoms with Crippen molar-refractivity contribution in [1.82, 2.24) is 10.6 Å². The van der Waals surface area contributed by atoms with Crippen LogP contribution in [0.5, 0.6) is 0 Å². The van der Waals surface area contributed by atoms with E-state index in [-0.39, 0.29) is 18.3 Å². The van der Waals surface area contributed by atoms with Crippen molar-refractivity contribution in [3.63, 3.8) is 0 Å². The summed E-state index contributed by atoms with van der Waals surface area (Å²) in [4.78, 5) is 13.2. The molecular weight excluding hydrogens is 245 g/mol. The van der Waals surface area contributed by atoms with E-state index in [0.717, 1.165) is 12.1 Å². The molecule has 0 fully saturated rings. The molecule has 0 heterocycles. The second-order valence-corrected chi connectivity index (χ2v) is 4.34. The van der Waals surface area contributed by atoms with Crippen LogP contribution in [0.15, 0.2) is 18.2 Å². The van der Waals surface area contributed by atoms with Crippen LogP contribution in [0.2, 0.25) is 0 Å². The number of benzene rings is 1. The summed E-state index contributed by atoms with van der Waals surface area (Å²) < 4.78 is 14.0. The highest BCUT2D eigenvalue weighted by Crippen LogP contribution is 2.23. The zero-order valence-corrected chi connectivity index (χ0v) is 11.8. The van der Waals surface area contributed by atoms with Crippen LogP contribution in [0, 0.1) is 5.82 Å². The average molecular weight is 267 g/mol. The Morgan fingerprint density at radius 3 is 2.68 bits per heavy atom. The molecule has 5 heteroatoms. The monoisotopic (exact) mass is 267 g/mol. The highest BCUT2D eigenvalue weighted by atomic mass is 19.1. The molecule has 1 amide bonds. The molecule has 4 nitrogen and oxygen atoms in total. The van der Waals surface area contributed by atoms with Gasteiger partial charge < -0.3 is 15.5 Å². The summed E-state index contributed by atoms with van der Waals surface area (Å²) in [5, 5.41) is 5.88. The normalized spacial score (nSPS) is 10.3. The minimum absolute atomic E-state index is 0.109. The number of carbonyl (C=O) groups is 1. The van der Waals surface area contributed by atoms with Crippen molar-refractivity contribution < 1.29 is 9.18 Å². The fraction of sp³-hybridized carbons (Fsp3) is 0.500. The maximum atomic E-state index is 14.0. The summed E-state index contributed by atoms with van der Waals surface area (Å²) in [6, 6.07) is 4.97. The highest BCUT2D eigenvalue weighted by molar-refractivity contribution is 5.81. The van der Waals surface area contributed by atoms with E-state index in [1.54, 1.807) is 18.0 Å². The van der Waals surface area contributed by atoms with Crippen molar-refractivity contribution >= 4 is 11.6 Å². The van der Waals surface area contributed by atoms with Gasteiger partial charge in [0.15, 0.2) is 0 Å². The number of carbonyl (C=O) groups excluding carboxylic acids is 1. The summed E-state index contributed by atoms with van der Waals surface area (Å²) in [6.07, 6.45) is 0. The van der Waals surface area contributed by atoms with Gasteiger partial charge in [-0.05, 0) is 25.1 Å². The van der Waals surface area contributed by atoms with E-state index in [1.807, 2.05) is 19.9 Å². The van der Waals surface area contributed by atoms with Gasteiger partial charge >= 0.3 is 0 Å². The molecule has 1 aromatic carbocycles. The van der Waals surface area contributed by atoms with Crippen LogP contribution in [-0.2, 0) is 11.3 Å². The predicted molar refractivity (Wildman–Crippen MR) is 75.7 cm³/mol. The van der Waals surface area contributed by atoms with Gasteiger partial charge in [-0.1, -0.05) is 19.1 Å². The van der Waals surface area contributed by atoms with E-state index >= 15 is 0 Å². The molecule has 0 aliphatic rings. The minimum atomic E-state index is -0.304. The maximum absolute atomic E-state index is 14.0. The Balaban J connectivity index is 2.87. The first-order valence-electron chi connectivity index (χ1n) is 6.56. The third-order valence-electron chi connectivity index (χ3n) is 2.77. The summed E-state index contributed by atoms with van der Waals surface area (Å²) in [5.41, 5.74) is 1.34. The van der Waals surface area contributed by atoms with Crippen LogP contribution in [0.25, 0.3) is 0 Å². The SMILES string of the molecule is CCNCc1cccc(F)c1N(C)CC(=O)NCC. The Kier molecular flexibility index (Phi) is 6.29. The van der Waals surface area contributed by atoms with E-state index in [9.17, 15) is 9.18 Å². The predicted octanol–water partition coefficient (Wildman–Crippen LogP) is 1.51. The Morgan fingerprint density at radius 1 is 1.32 bits per heavy atom. The van der Waals surface area contributed by atoms with E-state index in [0.29, 0.717) is 18.8 Å². The molecule has 0 radical (unpaired) electrons. The number of para-hydroxylation sites is 1. The zero-order chi connectivity index (χ0) is 14.3. The van der Waals surface area contributed by atoms with E-state index in [1.165, 1.54) is 6.07 Å². The number of hydrogen-bond donors (Lipinski definition) is 2. The molecule has 0 aliphatic heterocycles. The zero-order valence-electron chi connectivity index (χ0n) is 11.8. The third kappa shape index (κ3) is 4.52. The quantitative estimate of drug-likeness (QED) is 0.787. The number of nitrogens with one attached hydrogen (secondary N) is 2. The van der Waals surface area contributed by atoms with Gasteiger partial charge in [-0.15, -0.1) is 0 Å². The number of anilines is 1. The molecule has 0 saturated carbocycles. The molecule has 19 heavy (non-hydrogen) atoms. The molecule has 0 aromatic heterocycles. The Labute approximate surface area is 114 Å². The van der Waals surface area contributed by atoms with Crippen molar-refractivity contribution in [3.05, 3.63) is 29.6 Å². The lowest BCUT2D eigenvalue weighted by Gasteiger charge is -2.22. The van der Waals surface area contributed by atoms with Crippen LogP contribution in [0.3, 0.4) is 0 Å². The second-order valence-electron chi connectivity index (χ2n) is 4.34. The van der Waals surface area contributed by atoms with Crippen molar-refractivity contribution in [2.75, 3.05) is 31.6 Å². The number of halogens is 1. The lowest BCUT2D eigenvalue weighted by Crippen LogP contribution is -2.36. The molecule has 0 aliphatic carbocycles. The van der Waals surface area contributed by atoms with Gasteiger partial charge in [0.25, 0.3) is 0 Å².